The van der Waals surface area contributed by atoms with Crippen LogP contribution in [0.3, 0.4) is 0 Å². The zero-order valence-electron chi connectivity index (χ0n) is 50.4. The molecule has 0 aliphatic carbocycles. The molecule has 0 aromatic carbocycles. The maximum atomic E-state index is 12.8. The summed E-state index contributed by atoms with van der Waals surface area (Å²) in [5.41, 5.74) is 0. The third kappa shape index (κ3) is 61.0. The Morgan fingerprint density at radius 1 is 0.257 bits per heavy atom. The van der Waals surface area contributed by atoms with Gasteiger partial charge < -0.3 is 14.2 Å². The summed E-state index contributed by atoms with van der Waals surface area (Å²) in [6.45, 7) is 6.68. The van der Waals surface area contributed by atoms with E-state index >= 15 is 0 Å². The molecule has 0 saturated heterocycles. The number of ether oxygens (including phenoxy) is 3. The molecule has 0 rings (SSSR count). The summed E-state index contributed by atoms with van der Waals surface area (Å²) < 4.78 is 16.9. The molecule has 0 aliphatic rings. The number of carbonyl (C=O) groups excluding carboxylic acids is 3. The fraction of sp³-hybridized carbons (Fsp3) is 0.926. The van der Waals surface area contributed by atoms with E-state index in [0.717, 1.165) is 57.8 Å². The van der Waals surface area contributed by atoms with Gasteiger partial charge in [0.05, 0.1) is 0 Å². The second kappa shape index (κ2) is 63.7. The molecule has 6 nitrogen and oxygen atoms in total. The maximum absolute atomic E-state index is 12.8. The Hall–Kier alpha value is -1.85. The Balaban J connectivity index is 3.94. The van der Waals surface area contributed by atoms with Gasteiger partial charge in [0.25, 0.3) is 0 Å². The summed E-state index contributed by atoms with van der Waals surface area (Å²) in [7, 11) is 0. The van der Waals surface area contributed by atoms with Crippen LogP contribution in [0.5, 0.6) is 0 Å². The van der Waals surface area contributed by atoms with E-state index in [2.05, 4.69) is 32.9 Å². The molecule has 1 unspecified atom stereocenters. The van der Waals surface area contributed by atoms with Crippen molar-refractivity contribution in [3.63, 3.8) is 0 Å². The molecule has 0 amide bonds. The summed E-state index contributed by atoms with van der Waals surface area (Å²) in [5.74, 6) is -0.839. The lowest BCUT2D eigenvalue weighted by molar-refractivity contribution is -0.167. The number of hydrogen-bond acceptors (Lipinski definition) is 6. The minimum Gasteiger partial charge on any atom is -0.462 e. The van der Waals surface area contributed by atoms with E-state index in [-0.39, 0.29) is 31.1 Å². The number of unbranched alkanes of at least 4 members (excludes halogenated alkanes) is 50. The molecule has 0 aliphatic heterocycles. The molecule has 0 saturated carbocycles. The highest BCUT2D eigenvalue weighted by Crippen LogP contribution is 2.19. The average molecular weight is 1040 g/mol. The number of carbonyl (C=O) groups is 3. The Morgan fingerprint density at radius 2 is 0.446 bits per heavy atom. The summed E-state index contributed by atoms with van der Waals surface area (Å²) in [6, 6.07) is 0. The summed E-state index contributed by atoms with van der Waals surface area (Å²) in [6.07, 6.45) is 75.5. The lowest BCUT2D eigenvalue weighted by Gasteiger charge is -2.18. The van der Waals surface area contributed by atoms with Gasteiger partial charge in [0.15, 0.2) is 6.10 Å². The van der Waals surface area contributed by atoms with Gasteiger partial charge in [0, 0.05) is 19.3 Å². The smallest absolute Gasteiger partial charge is 0.306 e. The van der Waals surface area contributed by atoms with Gasteiger partial charge in [-0.2, -0.15) is 0 Å². The van der Waals surface area contributed by atoms with E-state index in [1.165, 1.54) is 289 Å². The van der Waals surface area contributed by atoms with Gasteiger partial charge in [-0.15, -0.1) is 0 Å². The molecule has 438 valence electrons. The highest BCUT2D eigenvalue weighted by atomic mass is 16.6. The predicted octanol–water partition coefficient (Wildman–Crippen LogP) is 22.8. The summed E-state index contributed by atoms with van der Waals surface area (Å²) in [5, 5.41) is 0. The molecule has 0 bridgehead atoms. The second-order valence-corrected chi connectivity index (χ2v) is 23.1. The first-order valence-electron chi connectivity index (χ1n) is 33.7. The minimum absolute atomic E-state index is 0.0627. The van der Waals surface area contributed by atoms with Gasteiger partial charge in [-0.05, 0) is 44.9 Å². The van der Waals surface area contributed by atoms with Gasteiger partial charge in [-0.1, -0.05) is 335 Å². The van der Waals surface area contributed by atoms with Crippen LogP contribution in [0.1, 0.15) is 387 Å². The summed E-state index contributed by atoms with van der Waals surface area (Å²) in [4.78, 5) is 38.1. The lowest BCUT2D eigenvalue weighted by Crippen LogP contribution is -2.30. The second-order valence-electron chi connectivity index (χ2n) is 23.1. The van der Waals surface area contributed by atoms with E-state index in [4.69, 9.17) is 14.2 Å². The molecule has 0 N–H and O–H groups in total. The number of esters is 3. The van der Waals surface area contributed by atoms with Crippen LogP contribution in [-0.2, 0) is 28.6 Å². The molecule has 0 radical (unpaired) electrons. The standard InChI is InChI=1S/C68H130O6/c1-4-7-10-13-16-19-21-23-25-26-27-28-29-30-31-32-33-34-35-36-37-38-39-40-41-42-44-45-47-49-52-55-58-61-67(70)73-64-65(63-72-66(69)60-57-54-51-18-15-12-9-6-3)74-68(71)62-59-56-53-50-48-46-43-24-22-20-17-14-11-8-5-2/h26-27,65H,4-25,28-64H2,1-3H3/b27-26-. The van der Waals surface area contributed by atoms with Crippen LogP contribution >= 0.6 is 0 Å². The van der Waals surface area contributed by atoms with Crippen molar-refractivity contribution >= 4 is 17.9 Å². The van der Waals surface area contributed by atoms with E-state index in [9.17, 15) is 14.4 Å². The average Bonchev–Trinajstić information content (AvgIpc) is 3.40. The van der Waals surface area contributed by atoms with E-state index in [0.29, 0.717) is 19.3 Å². The molecule has 74 heavy (non-hydrogen) atoms. The van der Waals surface area contributed by atoms with E-state index in [1.807, 2.05) is 0 Å². The van der Waals surface area contributed by atoms with Crippen LogP contribution in [0.15, 0.2) is 12.2 Å². The van der Waals surface area contributed by atoms with Gasteiger partial charge in [-0.25, -0.2) is 0 Å². The lowest BCUT2D eigenvalue weighted by atomic mass is 10.0. The first-order chi connectivity index (χ1) is 36.5. The van der Waals surface area contributed by atoms with Gasteiger partial charge in [0.2, 0.25) is 0 Å². The van der Waals surface area contributed by atoms with Gasteiger partial charge in [-0.3, -0.25) is 14.4 Å². The van der Waals surface area contributed by atoms with Crippen molar-refractivity contribution in [2.45, 2.75) is 393 Å². The molecule has 0 aromatic rings. The van der Waals surface area contributed by atoms with Crippen LogP contribution in [0.25, 0.3) is 0 Å². The molecule has 0 spiro atoms. The molecule has 1 atom stereocenters. The highest BCUT2D eigenvalue weighted by molar-refractivity contribution is 5.71. The van der Waals surface area contributed by atoms with Crippen LogP contribution in [0, 0.1) is 0 Å². The van der Waals surface area contributed by atoms with Crippen molar-refractivity contribution in [2.75, 3.05) is 13.2 Å². The van der Waals surface area contributed by atoms with E-state index in [1.54, 1.807) is 0 Å². The van der Waals surface area contributed by atoms with Crippen LogP contribution in [0.4, 0.5) is 0 Å². The Bertz CT molecular complexity index is 1150. The van der Waals surface area contributed by atoms with Crippen molar-refractivity contribution < 1.29 is 28.6 Å². The molecule has 0 heterocycles. The van der Waals surface area contributed by atoms with Crippen molar-refractivity contribution in [3.05, 3.63) is 12.2 Å². The SMILES string of the molecule is CCCCCCCCCC/C=C\CCCCCCCCCCCCCCCCCCCCCCCC(=O)OCC(COC(=O)CCCCCCCCCC)OC(=O)CCCCCCCCCCCCCCCCC. The number of hydrogen-bond donors (Lipinski definition) is 0. The maximum Gasteiger partial charge on any atom is 0.306 e. The van der Waals surface area contributed by atoms with Crippen LogP contribution < -0.4 is 0 Å². The highest BCUT2D eigenvalue weighted by Gasteiger charge is 2.19. The van der Waals surface area contributed by atoms with Crippen molar-refractivity contribution in [2.24, 2.45) is 0 Å². The largest absolute Gasteiger partial charge is 0.462 e. The van der Waals surface area contributed by atoms with Crippen molar-refractivity contribution in [3.8, 4) is 0 Å². The monoisotopic (exact) mass is 1040 g/mol. The van der Waals surface area contributed by atoms with Gasteiger partial charge >= 0.3 is 17.9 Å². The number of allylic oxidation sites excluding steroid dienone is 2. The number of rotatable bonds is 63. The van der Waals surface area contributed by atoms with E-state index < -0.39 is 6.10 Å². The molecule has 0 aromatic heterocycles. The topological polar surface area (TPSA) is 78.9 Å². The van der Waals surface area contributed by atoms with Crippen LogP contribution in [-0.4, -0.2) is 37.2 Å². The third-order valence-corrected chi connectivity index (χ3v) is 15.5. The molecule has 6 heteroatoms. The first kappa shape index (κ1) is 72.2. The Labute approximate surface area is 462 Å². The van der Waals surface area contributed by atoms with Crippen LogP contribution in [0.2, 0.25) is 0 Å². The third-order valence-electron chi connectivity index (χ3n) is 15.5. The summed E-state index contributed by atoms with van der Waals surface area (Å²) >= 11 is 0. The van der Waals surface area contributed by atoms with Gasteiger partial charge in [0.1, 0.15) is 13.2 Å². The fourth-order valence-corrected chi connectivity index (χ4v) is 10.4. The van der Waals surface area contributed by atoms with Crippen molar-refractivity contribution in [1.82, 2.24) is 0 Å². The quantitative estimate of drug-likeness (QED) is 0.0261. The normalized spacial score (nSPS) is 12.0. The Kier molecular flexibility index (Phi) is 62.1. The Morgan fingerprint density at radius 3 is 0.676 bits per heavy atom. The first-order valence-corrected chi connectivity index (χ1v) is 33.7. The minimum atomic E-state index is -0.762. The molecular formula is C68H130O6. The fourth-order valence-electron chi connectivity index (χ4n) is 10.4. The molecule has 0 fully saturated rings. The zero-order valence-corrected chi connectivity index (χ0v) is 50.4. The predicted molar refractivity (Wildman–Crippen MR) is 321 cm³/mol. The zero-order chi connectivity index (χ0) is 53.6. The molecular weight excluding hydrogens is 913 g/mol. The van der Waals surface area contributed by atoms with Crippen molar-refractivity contribution in [1.29, 1.82) is 0 Å².